The summed E-state index contributed by atoms with van der Waals surface area (Å²) in [5, 5.41) is 12.0. The molecule has 0 aliphatic heterocycles. The van der Waals surface area contributed by atoms with Gasteiger partial charge in [0.2, 0.25) is 0 Å². The maximum atomic E-state index is 4.66. The number of hydrogen-bond acceptors (Lipinski definition) is 3. The fourth-order valence-electron chi connectivity index (χ4n) is 2.35. The van der Waals surface area contributed by atoms with Crippen LogP contribution in [0.5, 0.6) is 0 Å². The van der Waals surface area contributed by atoms with Crippen LogP contribution in [0.15, 0.2) is 21.8 Å². The summed E-state index contributed by atoms with van der Waals surface area (Å²) in [6, 6.07) is 2.72. The molecular weight excluding hydrogens is 274 g/mol. The molecule has 106 valence electrons. The summed E-state index contributed by atoms with van der Waals surface area (Å²) in [6.07, 6.45) is 6.05. The zero-order valence-electron chi connectivity index (χ0n) is 11.7. The number of aliphatic imine (C=N–C) groups is 1. The van der Waals surface area contributed by atoms with Crippen LogP contribution in [0.4, 0.5) is 0 Å². The molecule has 1 aromatic rings. The van der Waals surface area contributed by atoms with Crippen LogP contribution in [-0.2, 0) is 6.54 Å². The van der Waals surface area contributed by atoms with Gasteiger partial charge in [0.1, 0.15) is 0 Å². The van der Waals surface area contributed by atoms with E-state index < -0.39 is 0 Å². The van der Waals surface area contributed by atoms with Gasteiger partial charge < -0.3 is 10.6 Å². The fourth-order valence-corrected chi connectivity index (χ4v) is 3.81. The van der Waals surface area contributed by atoms with Crippen molar-refractivity contribution in [2.45, 2.75) is 44.0 Å². The van der Waals surface area contributed by atoms with Crippen molar-refractivity contribution in [3.05, 3.63) is 22.4 Å². The summed E-state index contributed by atoms with van der Waals surface area (Å²) < 4.78 is 0. The van der Waals surface area contributed by atoms with Crippen LogP contribution in [-0.4, -0.2) is 30.1 Å². The molecule has 0 radical (unpaired) electrons. The number of thioether (sulfide) groups is 1. The Kier molecular flexibility index (Phi) is 6.04. The molecule has 0 saturated heterocycles. The van der Waals surface area contributed by atoms with E-state index in [4.69, 9.17) is 0 Å². The summed E-state index contributed by atoms with van der Waals surface area (Å²) in [6.45, 7) is 3.78. The summed E-state index contributed by atoms with van der Waals surface area (Å²) >= 11 is 3.72. The van der Waals surface area contributed by atoms with E-state index in [1.54, 1.807) is 11.3 Å². The smallest absolute Gasteiger partial charge is 0.191 e. The van der Waals surface area contributed by atoms with Gasteiger partial charge in [-0.15, -0.1) is 0 Å². The fraction of sp³-hybridized carbons (Fsp3) is 0.643. The van der Waals surface area contributed by atoms with E-state index in [2.05, 4.69) is 45.6 Å². The third-order valence-electron chi connectivity index (χ3n) is 3.40. The van der Waals surface area contributed by atoms with Crippen molar-refractivity contribution >= 4 is 29.1 Å². The first-order valence-electron chi connectivity index (χ1n) is 6.90. The van der Waals surface area contributed by atoms with Gasteiger partial charge in [0.15, 0.2) is 5.96 Å². The molecule has 0 amide bonds. The van der Waals surface area contributed by atoms with Crippen molar-refractivity contribution in [1.29, 1.82) is 0 Å². The average Bonchev–Trinajstić information content (AvgIpc) is 3.07. The van der Waals surface area contributed by atoms with Crippen molar-refractivity contribution in [3.8, 4) is 0 Å². The predicted octanol–water partition coefficient (Wildman–Crippen LogP) is 3.09. The highest BCUT2D eigenvalue weighted by molar-refractivity contribution is 7.99. The minimum Gasteiger partial charge on any atom is -0.357 e. The van der Waals surface area contributed by atoms with E-state index in [9.17, 15) is 0 Å². The van der Waals surface area contributed by atoms with Crippen LogP contribution in [0, 0.1) is 0 Å². The summed E-state index contributed by atoms with van der Waals surface area (Å²) in [5.74, 6) is 0.959. The van der Waals surface area contributed by atoms with Gasteiger partial charge in [-0.05, 0) is 54.8 Å². The van der Waals surface area contributed by atoms with Crippen LogP contribution in [0.25, 0.3) is 0 Å². The number of nitrogens with zero attached hydrogens (tertiary/aromatic N) is 1. The van der Waals surface area contributed by atoms with Crippen LogP contribution < -0.4 is 10.6 Å². The van der Waals surface area contributed by atoms with Crippen molar-refractivity contribution in [2.24, 2.45) is 4.99 Å². The van der Waals surface area contributed by atoms with Crippen LogP contribution >= 0.6 is 23.1 Å². The molecule has 2 unspecified atom stereocenters. The third-order valence-corrected chi connectivity index (χ3v) is 5.23. The summed E-state index contributed by atoms with van der Waals surface area (Å²) in [4.78, 5) is 4.66. The standard InChI is InChI=1S/C14H23N3S2/c1-3-15-14(16-9-11-6-7-19-10-11)17-12-4-5-13(8-12)18-2/h6-7,10,12-13H,3-5,8-9H2,1-2H3,(H2,15,16,17). The van der Waals surface area contributed by atoms with Gasteiger partial charge in [0.05, 0.1) is 6.54 Å². The third kappa shape index (κ3) is 4.73. The first-order chi connectivity index (χ1) is 9.31. The van der Waals surface area contributed by atoms with Crippen molar-refractivity contribution in [1.82, 2.24) is 10.6 Å². The molecule has 2 rings (SSSR count). The molecular formula is C14H23N3S2. The van der Waals surface area contributed by atoms with Crippen LogP contribution in [0.2, 0.25) is 0 Å². The SMILES string of the molecule is CCNC(=NCc1ccsc1)NC1CCC(SC)C1. The molecule has 2 N–H and O–H groups in total. The van der Waals surface area contributed by atoms with Gasteiger partial charge in [0, 0.05) is 17.8 Å². The Morgan fingerprint density at radius 3 is 3.05 bits per heavy atom. The van der Waals surface area contributed by atoms with E-state index in [1.807, 2.05) is 11.8 Å². The number of guanidine groups is 1. The molecule has 1 heterocycles. The molecule has 1 aromatic heterocycles. The molecule has 1 aliphatic carbocycles. The van der Waals surface area contributed by atoms with Gasteiger partial charge in [-0.2, -0.15) is 23.1 Å². The first-order valence-corrected chi connectivity index (χ1v) is 9.13. The van der Waals surface area contributed by atoms with E-state index in [0.717, 1.165) is 24.3 Å². The Morgan fingerprint density at radius 1 is 1.53 bits per heavy atom. The van der Waals surface area contributed by atoms with Gasteiger partial charge in [-0.1, -0.05) is 0 Å². The molecule has 1 fully saturated rings. The number of hydrogen-bond donors (Lipinski definition) is 2. The lowest BCUT2D eigenvalue weighted by molar-refractivity contribution is 0.615. The lowest BCUT2D eigenvalue weighted by Gasteiger charge is -2.17. The van der Waals surface area contributed by atoms with Crippen molar-refractivity contribution < 1.29 is 0 Å². The van der Waals surface area contributed by atoms with Gasteiger partial charge in [0.25, 0.3) is 0 Å². The minimum absolute atomic E-state index is 0.581. The Bertz CT molecular complexity index is 389. The van der Waals surface area contributed by atoms with E-state index in [0.29, 0.717) is 6.04 Å². The minimum atomic E-state index is 0.581. The number of nitrogens with one attached hydrogen (secondary N) is 2. The second-order valence-corrected chi connectivity index (χ2v) is 6.76. The lowest BCUT2D eigenvalue weighted by Crippen LogP contribution is -2.42. The van der Waals surface area contributed by atoms with E-state index >= 15 is 0 Å². The Hall–Kier alpha value is -0.680. The highest BCUT2D eigenvalue weighted by atomic mass is 32.2. The molecule has 3 nitrogen and oxygen atoms in total. The second kappa shape index (κ2) is 7.80. The van der Waals surface area contributed by atoms with Gasteiger partial charge >= 0.3 is 0 Å². The van der Waals surface area contributed by atoms with Crippen molar-refractivity contribution in [3.63, 3.8) is 0 Å². The monoisotopic (exact) mass is 297 g/mol. The highest BCUT2D eigenvalue weighted by Gasteiger charge is 2.24. The molecule has 2 atom stereocenters. The van der Waals surface area contributed by atoms with Crippen molar-refractivity contribution in [2.75, 3.05) is 12.8 Å². The predicted molar refractivity (Wildman–Crippen MR) is 87.2 cm³/mol. The number of thiophene rings is 1. The Labute approximate surface area is 124 Å². The van der Waals surface area contributed by atoms with Gasteiger partial charge in [-0.3, -0.25) is 0 Å². The maximum absolute atomic E-state index is 4.66. The van der Waals surface area contributed by atoms with Gasteiger partial charge in [-0.25, -0.2) is 4.99 Å². The first kappa shape index (κ1) is 14.7. The molecule has 0 bridgehead atoms. The molecule has 0 spiro atoms. The zero-order valence-corrected chi connectivity index (χ0v) is 13.3. The summed E-state index contributed by atoms with van der Waals surface area (Å²) in [5.41, 5.74) is 1.29. The highest BCUT2D eigenvalue weighted by Crippen LogP contribution is 2.28. The quantitative estimate of drug-likeness (QED) is 0.648. The molecule has 0 aromatic carbocycles. The second-order valence-electron chi connectivity index (χ2n) is 4.84. The summed E-state index contributed by atoms with van der Waals surface area (Å²) in [7, 11) is 0. The molecule has 19 heavy (non-hydrogen) atoms. The van der Waals surface area contributed by atoms with Crippen LogP contribution in [0.3, 0.4) is 0 Å². The maximum Gasteiger partial charge on any atom is 0.191 e. The lowest BCUT2D eigenvalue weighted by atomic mass is 10.2. The normalized spacial score (nSPS) is 23.6. The topological polar surface area (TPSA) is 36.4 Å². The van der Waals surface area contributed by atoms with Crippen LogP contribution in [0.1, 0.15) is 31.7 Å². The zero-order chi connectivity index (χ0) is 13.5. The Morgan fingerprint density at radius 2 is 2.42 bits per heavy atom. The van der Waals surface area contributed by atoms with E-state index in [-0.39, 0.29) is 0 Å². The average molecular weight is 297 g/mol. The number of rotatable bonds is 5. The van der Waals surface area contributed by atoms with E-state index in [1.165, 1.54) is 24.8 Å². The molecule has 1 aliphatic rings. The Balaban J connectivity index is 1.87. The largest absolute Gasteiger partial charge is 0.357 e. The molecule has 1 saturated carbocycles. The molecule has 5 heteroatoms.